The first-order chi connectivity index (χ1) is 16.3. The van der Waals surface area contributed by atoms with Crippen molar-refractivity contribution in [3.8, 4) is 0 Å². The molecule has 0 saturated heterocycles. The number of amides is 3. The normalized spacial score (nSPS) is 14.7. The first-order valence-corrected chi connectivity index (χ1v) is 12.2. The first kappa shape index (κ1) is 25.5. The van der Waals surface area contributed by atoms with Gasteiger partial charge in [-0.15, -0.1) is 0 Å². The summed E-state index contributed by atoms with van der Waals surface area (Å²) in [6, 6.07) is 10.5. The van der Waals surface area contributed by atoms with Crippen molar-refractivity contribution in [2.75, 3.05) is 11.9 Å². The first-order valence-electron chi connectivity index (χ1n) is 12.2. The largest absolute Gasteiger partial charge is 0.360 e. The standard InChI is InChI=1S/C26H36N4O4/c1-18(2)15-16-30(24(32)14-13-23(31)28-22-17-19(3)34-29-22)25(20-9-5-4-6-10-20)26(33)27-21-11-7-8-12-21/h4-6,9-10,17-18,21,25H,7-8,11-16H2,1-3H3,(H,27,33)(H,28,29,31)/t25-/m0/s1. The lowest BCUT2D eigenvalue weighted by atomic mass is 10.0. The van der Waals surface area contributed by atoms with Crippen LogP contribution in [0.15, 0.2) is 40.9 Å². The van der Waals surface area contributed by atoms with Crippen molar-refractivity contribution in [2.24, 2.45) is 5.92 Å². The average molecular weight is 469 g/mol. The lowest BCUT2D eigenvalue weighted by Gasteiger charge is -2.33. The zero-order chi connectivity index (χ0) is 24.5. The Bertz CT molecular complexity index is 951. The number of hydrogen-bond acceptors (Lipinski definition) is 5. The Balaban J connectivity index is 1.75. The maximum absolute atomic E-state index is 13.5. The van der Waals surface area contributed by atoms with Gasteiger partial charge in [0.25, 0.3) is 0 Å². The van der Waals surface area contributed by atoms with E-state index in [1.54, 1.807) is 17.9 Å². The molecule has 1 aromatic heterocycles. The van der Waals surface area contributed by atoms with Crippen LogP contribution in [0.5, 0.6) is 0 Å². The molecule has 1 heterocycles. The molecule has 1 fully saturated rings. The third-order valence-electron chi connectivity index (χ3n) is 6.11. The van der Waals surface area contributed by atoms with Crippen LogP contribution in [0.25, 0.3) is 0 Å². The Kier molecular flexibility index (Phi) is 9.24. The van der Waals surface area contributed by atoms with Crippen LogP contribution < -0.4 is 10.6 Å². The van der Waals surface area contributed by atoms with E-state index < -0.39 is 6.04 Å². The minimum Gasteiger partial charge on any atom is -0.360 e. The van der Waals surface area contributed by atoms with E-state index in [0.29, 0.717) is 24.0 Å². The fourth-order valence-corrected chi connectivity index (χ4v) is 4.25. The number of rotatable bonds is 11. The van der Waals surface area contributed by atoms with Crippen molar-refractivity contribution >= 4 is 23.5 Å². The van der Waals surface area contributed by atoms with Crippen LogP contribution in [0.2, 0.25) is 0 Å². The van der Waals surface area contributed by atoms with Gasteiger partial charge in [-0.05, 0) is 37.7 Å². The lowest BCUT2D eigenvalue weighted by molar-refractivity contribution is -0.142. The number of carbonyl (C=O) groups excluding carboxylic acids is 3. The fourth-order valence-electron chi connectivity index (χ4n) is 4.25. The summed E-state index contributed by atoms with van der Waals surface area (Å²) in [6.07, 6.45) is 4.91. The average Bonchev–Trinajstić information content (AvgIpc) is 3.46. The van der Waals surface area contributed by atoms with E-state index in [2.05, 4.69) is 29.6 Å². The smallest absolute Gasteiger partial charge is 0.247 e. The predicted molar refractivity (Wildman–Crippen MR) is 130 cm³/mol. The van der Waals surface area contributed by atoms with Crippen molar-refractivity contribution in [1.29, 1.82) is 0 Å². The van der Waals surface area contributed by atoms with Crippen molar-refractivity contribution in [3.63, 3.8) is 0 Å². The van der Waals surface area contributed by atoms with Crippen LogP contribution in [-0.4, -0.2) is 40.4 Å². The second-order valence-corrected chi connectivity index (χ2v) is 9.44. The van der Waals surface area contributed by atoms with Gasteiger partial charge in [-0.2, -0.15) is 0 Å². The van der Waals surface area contributed by atoms with Gasteiger partial charge in [0.2, 0.25) is 17.7 Å². The van der Waals surface area contributed by atoms with Crippen molar-refractivity contribution in [1.82, 2.24) is 15.4 Å². The van der Waals surface area contributed by atoms with Crippen molar-refractivity contribution in [3.05, 3.63) is 47.7 Å². The maximum Gasteiger partial charge on any atom is 0.247 e. The van der Waals surface area contributed by atoms with Crippen LogP contribution >= 0.6 is 0 Å². The Morgan fingerprint density at radius 2 is 1.82 bits per heavy atom. The number of nitrogens with zero attached hydrogens (tertiary/aromatic N) is 2. The number of carbonyl (C=O) groups is 3. The molecule has 2 N–H and O–H groups in total. The molecule has 0 bridgehead atoms. The molecule has 34 heavy (non-hydrogen) atoms. The summed E-state index contributed by atoms with van der Waals surface area (Å²) in [7, 11) is 0. The Morgan fingerprint density at radius 3 is 2.44 bits per heavy atom. The molecular weight excluding hydrogens is 432 g/mol. The Hall–Kier alpha value is -3.16. The van der Waals surface area contributed by atoms with E-state index in [-0.39, 0.29) is 36.6 Å². The van der Waals surface area contributed by atoms with Gasteiger partial charge >= 0.3 is 0 Å². The number of benzene rings is 1. The molecule has 0 radical (unpaired) electrons. The highest BCUT2D eigenvalue weighted by atomic mass is 16.5. The molecule has 1 aliphatic rings. The quantitative estimate of drug-likeness (QED) is 0.509. The highest BCUT2D eigenvalue weighted by Crippen LogP contribution is 2.26. The molecule has 1 atom stereocenters. The number of aromatic nitrogens is 1. The number of nitrogens with one attached hydrogen (secondary N) is 2. The van der Waals surface area contributed by atoms with E-state index >= 15 is 0 Å². The zero-order valence-electron chi connectivity index (χ0n) is 20.4. The summed E-state index contributed by atoms with van der Waals surface area (Å²) < 4.78 is 4.96. The fraction of sp³-hybridized carbons (Fsp3) is 0.538. The summed E-state index contributed by atoms with van der Waals surface area (Å²) in [5.41, 5.74) is 0.776. The van der Waals surface area contributed by atoms with E-state index in [4.69, 9.17) is 4.52 Å². The second kappa shape index (κ2) is 12.3. The van der Waals surface area contributed by atoms with E-state index in [9.17, 15) is 14.4 Å². The Labute approximate surface area is 201 Å². The molecule has 0 aliphatic heterocycles. The maximum atomic E-state index is 13.5. The monoisotopic (exact) mass is 468 g/mol. The summed E-state index contributed by atoms with van der Waals surface area (Å²) >= 11 is 0. The molecule has 1 saturated carbocycles. The molecule has 3 rings (SSSR count). The minimum atomic E-state index is -0.727. The van der Waals surface area contributed by atoms with Crippen LogP contribution in [0, 0.1) is 12.8 Å². The van der Waals surface area contributed by atoms with Gasteiger partial charge in [0.05, 0.1) is 0 Å². The molecule has 3 amide bonds. The molecule has 0 spiro atoms. The molecule has 0 unspecified atom stereocenters. The third kappa shape index (κ3) is 7.43. The van der Waals surface area contributed by atoms with E-state index in [0.717, 1.165) is 37.7 Å². The van der Waals surface area contributed by atoms with Crippen LogP contribution in [0.1, 0.15) is 76.2 Å². The van der Waals surface area contributed by atoms with Crippen molar-refractivity contribution in [2.45, 2.75) is 77.8 Å². The molecule has 184 valence electrons. The predicted octanol–water partition coefficient (Wildman–Crippen LogP) is 4.38. The Morgan fingerprint density at radius 1 is 1.12 bits per heavy atom. The number of hydrogen-bond donors (Lipinski definition) is 2. The third-order valence-corrected chi connectivity index (χ3v) is 6.11. The van der Waals surface area contributed by atoms with Crippen LogP contribution in [0.4, 0.5) is 5.82 Å². The molecule has 1 aliphatic carbocycles. The lowest BCUT2D eigenvalue weighted by Crippen LogP contribution is -2.46. The minimum absolute atomic E-state index is 0.000798. The van der Waals surface area contributed by atoms with E-state index in [1.165, 1.54) is 0 Å². The highest BCUT2D eigenvalue weighted by molar-refractivity contribution is 5.94. The van der Waals surface area contributed by atoms with Gasteiger partial charge < -0.3 is 20.1 Å². The zero-order valence-corrected chi connectivity index (χ0v) is 20.4. The highest BCUT2D eigenvalue weighted by Gasteiger charge is 2.33. The molecule has 1 aromatic carbocycles. The van der Waals surface area contributed by atoms with Gasteiger partial charge in [-0.25, -0.2) is 0 Å². The van der Waals surface area contributed by atoms with Gasteiger partial charge in [-0.1, -0.05) is 62.2 Å². The molecule has 8 heteroatoms. The topological polar surface area (TPSA) is 105 Å². The van der Waals surface area contributed by atoms with Gasteiger partial charge in [0, 0.05) is 31.5 Å². The summed E-state index contributed by atoms with van der Waals surface area (Å²) in [5, 5.41) is 9.57. The summed E-state index contributed by atoms with van der Waals surface area (Å²) in [6.45, 7) is 6.36. The molecular formula is C26H36N4O4. The van der Waals surface area contributed by atoms with Crippen LogP contribution in [0.3, 0.4) is 0 Å². The summed E-state index contributed by atoms with van der Waals surface area (Å²) in [5.74, 6) is 0.579. The second-order valence-electron chi connectivity index (χ2n) is 9.44. The summed E-state index contributed by atoms with van der Waals surface area (Å²) in [4.78, 5) is 40.9. The van der Waals surface area contributed by atoms with Crippen molar-refractivity contribution < 1.29 is 18.9 Å². The number of anilines is 1. The number of aryl methyl sites for hydroxylation is 1. The van der Waals surface area contributed by atoms with Gasteiger partial charge in [-0.3, -0.25) is 14.4 Å². The molecule has 8 nitrogen and oxygen atoms in total. The van der Waals surface area contributed by atoms with Gasteiger partial charge in [0.15, 0.2) is 5.82 Å². The van der Waals surface area contributed by atoms with Crippen LogP contribution in [-0.2, 0) is 14.4 Å². The van der Waals surface area contributed by atoms with E-state index in [1.807, 2.05) is 30.3 Å². The van der Waals surface area contributed by atoms with Gasteiger partial charge in [0.1, 0.15) is 11.8 Å². The molecule has 2 aromatic rings. The SMILES string of the molecule is Cc1cc(NC(=O)CCC(=O)N(CCC(C)C)[C@H](C(=O)NC2CCCC2)c2ccccc2)no1.